The van der Waals surface area contributed by atoms with Gasteiger partial charge in [-0.2, -0.15) is 6.42 Å². The Hall–Kier alpha value is -3.69. The summed E-state index contributed by atoms with van der Waals surface area (Å²) in [6.07, 6.45) is 4.08. The van der Waals surface area contributed by atoms with Crippen LogP contribution in [-0.2, 0) is 20.1 Å². The number of aliphatic hydroxyl groups excluding tert-OH is 1. The van der Waals surface area contributed by atoms with Crippen LogP contribution in [0.15, 0.2) is 122 Å². The van der Waals surface area contributed by atoms with Gasteiger partial charge in [-0.15, -0.1) is 71.8 Å². The second kappa shape index (κ2) is 14.9. The minimum atomic E-state index is -0.227. The number of hydrogen-bond donors (Lipinski definition) is 1. The third-order valence-corrected chi connectivity index (χ3v) is 5.69. The first-order valence-corrected chi connectivity index (χ1v) is 12.3. The fourth-order valence-corrected chi connectivity index (χ4v) is 3.75. The first-order chi connectivity index (χ1) is 18.2. The van der Waals surface area contributed by atoms with Crippen LogP contribution in [0.25, 0.3) is 44.1 Å². The summed E-state index contributed by atoms with van der Waals surface area (Å²) in [6.45, 7) is 5.15. The Balaban J connectivity index is 0.000000176. The molecule has 2 aromatic heterocycles. The van der Waals surface area contributed by atoms with E-state index < -0.39 is 0 Å². The number of aliphatic hydroxyl groups is 1. The molecule has 1 atom stereocenters. The summed E-state index contributed by atoms with van der Waals surface area (Å²) in [7, 11) is 0. The number of pyridine rings is 2. The Morgan fingerprint density at radius 3 is 1.42 bits per heavy atom. The number of fused-ring (bicyclic) bond motifs is 2. The van der Waals surface area contributed by atoms with E-state index in [1.54, 1.807) is 6.92 Å². The van der Waals surface area contributed by atoms with Crippen molar-refractivity contribution in [2.75, 3.05) is 0 Å². The summed E-state index contributed by atoms with van der Waals surface area (Å²) in [5.74, 6) is 0. The first-order valence-electron chi connectivity index (χ1n) is 12.3. The molecule has 0 amide bonds. The second-order valence-electron chi connectivity index (χ2n) is 8.45. The van der Waals surface area contributed by atoms with Crippen LogP contribution in [0, 0.1) is 19.1 Å². The fourth-order valence-electron chi connectivity index (χ4n) is 3.75. The Bertz CT molecular complexity index is 1410. The molecule has 4 heteroatoms. The van der Waals surface area contributed by atoms with Gasteiger partial charge in [0.25, 0.3) is 0 Å². The molecule has 2 heterocycles. The Morgan fingerprint density at radius 1 is 0.658 bits per heavy atom. The van der Waals surface area contributed by atoms with Gasteiger partial charge in [0.05, 0.1) is 0 Å². The minimum absolute atomic E-state index is 0. The van der Waals surface area contributed by atoms with E-state index in [-0.39, 0.29) is 26.2 Å². The molecule has 6 rings (SSSR count). The third-order valence-electron chi connectivity index (χ3n) is 5.69. The van der Waals surface area contributed by atoms with Crippen LogP contribution in [0.2, 0.25) is 0 Å². The zero-order chi connectivity index (χ0) is 25.9. The van der Waals surface area contributed by atoms with Crippen LogP contribution in [-0.4, -0.2) is 21.2 Å². The summed E-state index contributed by atoms with van der Waals surface area (Å²) in [4.78, 5) is 8.89. The van der Waals surface area contributed by atoms with Crippen molar-refractivity contribution in [3.8, 4) is 22.5 Å². The van der Waals surface area contributed by atoms with Crippen molar-refractivity contribution in [2.24, 2.45) is 0 Å². The molecular formula is C34H29IrN2O. The molecule has 6 aromatic rings. The van der Waals surface area contributed by atoms with Crippen LogP contribution in [0.3, 0.4) is 0 Å². The molecule has 0 saturated heterocycles. The molecule has 0 bridgehead atoms. The van der Waals surface area contributed by atoms with Crippen molar-refractivity contribution in [3.05, 3.63) is 141 Å². The smallest absolute Gasteiger partial charge is 0.396 e. The standard InChI is InChI=1S/2C15H10N.C4H9O.Ir/c2*1-2-7-13(8-3-1)15-14-9-5-4-6-12(14)10-11-16-15;1-3-4(2)5;/h2*1-7,9-11H;4-5H,1,3H2,2H3;/q3*-1;+3. The van der Waals surface area contributed by atoms with Crippen LogP contribution in [0.1, 0.15) is 13.3 Å². The topological polar surface area (TPSA) is 46.0 Å². The molecule has 3 nitrogen and oxygen atoms in total. The maximum absolute atomic E-state index is 8.30. The Kier molecular flexibility index (Phi) is 11.3. The summed E-state index contributed by atoms with van der Waals surface area (Å²) in [5.41, 5.74) is 4.08. The van der Waals surface area contributed by atoms with E-state index in [0.29, 0.717) is 6.42 Å². The molecule has 0 aliphatic heterocycles. The average molecular weight is 674 g/mol. The normalized spacial score (nSPS) is 10.8. The Labute approximate surface area is 238 Å². The van der Waals surface area contributed by atoms with E-state index >= 15 is 0 Å². The summed E-state index contributed by atoms with van der Waals surface area (Å²) < 4.78 is 0. The molecule has 0 aliphatic carbocycles. The van der Waals surface area contributed by atoms with Gasteiger partial charge >= 0.3 is 20.1 Å². The maximum atomic E-state index is 8.30. The molecule has 0 fully saturated rings. The number of nitrogens with zero attached hydrogens (tertiary/aromatic N) is 2. The second-order valence-corrected chi connectivity index (χ2v) is 8.45. The largest absolute Gasteiger partial charge is 3.00 e. The number of benzene rings is 4. The quantitative estimate of drug-likeness (QED) is 0.194. The van der Waals surface area contributed by atoms with E-state index in [0.717, 1.165) is 22.5 Å². The molecule has 1 unspecified atom stereocenters. The van der Waals surface area contributed by atoms with Gasteiger partial charge in [0.2, 0.25) is 0 Å². The molecule has 0 radical (unpaired) electrons. The monoisotopic (exact) mass is 674 g/mol. The fraction of sp³-hybridized carbons (Fsp3) is 0.0882. The zero-order valence-corrected chi connectivity index (χ0v) is 23.6. The molecule has 0 saturated carbocycles. The number of hydrogen-bond acceptors (Lipinski definition) is 3. The van der Waals surface area contributed by atoms with Crippen molar-refractivity contribution >= 4 is 21.5 Å². The van der Waals surface area contributed by atoms with Crippen molar-refractivity contribution in [1.82, 2.24) is 9.97 Å². The maximum Gasteiger partial charge on any atom is 3.00 e. The van der Waals surface area contributed by atoms with Crippen molar-refractivity contribution in [3.63, 3.8) is 0 Å². The van der Waals surface area contributed by atoms with Gasteiger partial charge in [0.1, 0.15) is 0 Å². The van der Waals surface area contributed by atoms with Gasteiger partial charge in [-0.25, -0.2) is 0 Å². The van der Waals surface area contributed by atoms with E-state index in [9.17, 15) is 0 Å². The number of rotatable bonds is 3. The summed E-state index contributed by atoms with van der Waals surface area (Å²) in [5, 5.41) is 13.1. The summed E-state index contributed by atoms with van der Waals surface area (Å²) in [6, 6.07) is 42.9. The zero-order valence-electron chi connectivity index (χ0n) is 21.2. The molecule has 4 aromatic carbocycles. The molecule has 190 valence electrons. The SMILES string of the molecule is [CH2-]CC(C)O.[Ir+3].[c-]1ccccc1-c1nccc2ccccc12.[c-]1ccccc1-c1nccc2ccccc12. The van der Waals surface area contributed by atoms with Gasteiger partial charge in [0, 0.05) is 18.5 Å². The number of aromatic nitrogens is 2. The van der Waals surface area contributed by atoms with E-state index in [4.69, 9.17) is 5.11 Å². The van der Waals surface area contributed by atoms with Gasteiger partial charge < -0.3 is 22.0 Å². The molecule has 0 spiro atoms. The van der Waals surface area contributed by atoms with Crippen molar-refractivity contribution in [1.29, 1.82) is 0 Å². The van der Waals surface area contributed by atoms with E-state index in [1.165, 1.54) is 21.5 Å². The molecule has 0 aliphatic rings. The molecule has 38 heavy (non-hydrogen) atoms. The molecule has 1 N–H and O–H groups in total. The van der Waals surface area contributed by atoms with Gasteiger partial charge in [-0.1, -0.05) is 48.5 Å². The minimum Gasteiger partial charge on any atom is -0.396 e. The Morgan fingerprint density at radius 2 is 1.05 bits per heavy atom. The van der Waals surface area contributed by atoms with Crippen LogP contribution in [0.5, 0.6) is 0 Å². The molecular weight excluding hydrogens is 645 g/mol. The van der Waals surface area contributed by atoms with Crippen molar-refractivity contribution < 1.29 is 25.2 Å². The van der Waals surface area contributed by atoms with Gasteiger partial charge in [-0.05, 0) is 52.0 Å². The van der Waals surface area contributed by atoms with Gasteiger partial charge in [0.15, 0.2) is 0 Å². The van der Waals surface area contributed by atoms with Crippen LogP contribution < -0.4 is 0 Å². The van der Waals surface area contributed by atoms with Gasteiger partial charge in [-0.3, -0.25) is 0 Å². The first kappa shape index (κ1) is 28.9. The van der Waals surface area contributed by atoms with Crippen LogP contribution >= 0.6 is 0 Å². The average Bonchev–Trinajstić information content (AvgIpc) is 2.98. The van der Waals surface area contributed by atoms with Crippen LogP contribution in [0.4, 0.5) is 0 Å². The van der Waals surface area contributed by atoms with E-state index in [2.05, 4.69) is 53.3 Å². The summed E-state index contributed by atoms with van der Waals surface area (Å²) >= 11 is 0. The predicted molar refractivity (Wildman–Crippen MR) is 154 cm³/mol. The van der Waals surface area contributed by atoms with Crippen molar-refractivity contribution in [2.45, 2.75) is 19.4 Å². The van der Waals surface area contributed by atoms with E-state index in [1.807, 2.05) is 97.3 Å². The third kappa shape index (κ3) is 7.66. The predicted octanol–water partition coefficient (Wildman–Crippen LogP) is 7.99.